The molecule has 1 saturated carbocycles. The van der Waals surface area contributed by atoms with Crippen molar-refractivity contribution in [3.05, 3.63) is 47.8 Å². The van der Waals surface area contributed by atoms with Gasteiger partial charge in [-0.25, -0.2) is 0 Å². The van der Waals surface area contributed by atoms with Gasteiger partial charge in [0.25, 0.3) is 0 Å². The molecule has 1 aromatic carbocycles. The van der Waals surface area contributed by atoms with Crippen LogP contribution in [0.3, 0.4) is 0 Å². The zero-order valence-corrected chi connectivity index (χ0v) is 25.4. The summed E-state index contributed by atoms with van der Waals surface area (Å²) in [6.07, 6.45) is 5.09. The van der Waals surface area contributed by atoms with Crippen molar-refractivity contribution in [3.63, 3.8) is 0 Å². The number of likely N-dealkylation sites (tertiary alicyclic amines) is 1. The summed E-state index contributed by atoms with van der Waals surface area (Å²) in [6, 6.07) is 6.23. The molecular formula is C29H35F3N6O3Se. The van der Waals surface area contributed by atoms with Gasteiger partial charge in [0.2, 0.25) is 0 Å². The third-order valence-corrected chi connectivity index (χ3v) is 8.77. The molecule has 0 bridgehead atoms. The number of benzene rings is 1. The fourth-order valence-electron chi connectivity index (χ4n) is 4.78. The van der Waals surface area contributed by atoms with Crippen LogP contribution in [-0.4, -0.2) is 91.8 Å². The zero-order valence-electron chi connectivity index (χ0n) is 23.7. The van der Waals surface area contributed by atoms with Crippen molar-refractivity contribution >= 4 is 42.5 Å². The van der Waals surface area contributed by atoms with E-state index in [2.05, 4.69) is 39.4 Å². The van der Waals surface area contributed by atoms with Crippen LogP contribution in [0, 0.1) is 23.7 Å². The number of nitrogens with zero attached hydrogens (tertiary/aromatic N) is 3. The SMILES string of the molecule is CN1CCC2CC2C1.COc1ccc(C(=O)NCC(C)O)cc1NCC#Cc1cc2c(N)nccn2c1[Se]C(F)(F)F. The average molecular weight is 652 g/mol. The molecule has 226 valence electrons. The second-order valence-electron chi connectivity index (χ2n) is 10.4. The molecule has 2 fully saturated rings. The Morgan fingerprint density at radius 3 is 2.79 bits per heavy atom. The number of amides is 1. The Morgan fingerprint density at radius 2 is 2.12 bits per heavy atom. The van der Waals surface area contributed by atoms with Gasteiger partial charge in [-0.05, 0) is 45.2 Å². The fourth-order valence-corrected chi connectivity index (χ4v) is 6.24. The molecule has 5 N–H and O–H groups in total. The van der Waals surface area contributed by atoms with E-state index in [1.165, 1.54) is 55.9 Å². The van der Waals surface area contributed by atoms with Gasteiger partial charge in [0.15, 0.2) is 0 Å². The van der Waals surface area contributed by atoms with E-state index in [1.807, 2.05) is 0 Å². The van der Waals surface area contributed by atoms with Crippen molar-refractivity contribution < 1.29 is 27.8 Å². The third-order valence-electron chi connectivity index (χ3n) is 7.00. The van der Waals surface area contributed by atoms with Gasteiger partial charge < -0.3 is 10.0 Å². The molecule has 0 radical (unpaired) electrons. The van der Waals surface area contributed by atoms with Crippen LogP contribution in [0.1, 0.15) is 35.7 Å². The van der Waals surface area contributed by atoms with Crippen molar-refractivity contribution in [2.24, 2.45) is 11.8 Å². The molecular weight excluding hydrogens is 616 g/mol. The molecule has 5 rings (SSSR count). The van der Waals surface area contributed by atoms with Crippen LogP contribution in [-0.2, 0) is 0 Å². The molecule has 1 aliphatic carbocycles. The first-order chi connectivity index (χ1) is 19.9. The Hall–Kier alpha value is -3.43. The number of hydrogen-bond acceptors (Lipinski definition) is 7. The van der Waals surface area contributed by atoms with Gasteiger partial charge in [-0.15, -0.1) is 0 Å². The molecule has 9 nitrogen and oxygen atoms in total. The first-order valence-electron chi connectivity index (χ1n) is 13.5. The molecule has 1 aliphatic heterocycles. The number of ether oxygens (including phenoxy) is 1. The number of alkyl halides is 3. The standard InChI is InChI=1S/C22H22F3N5O3Se.C7H13N/c1-13(31)12-29-20(32)14-5-6-18(33-2)16(10-14)27-7-3-4-15-11-17-19(26)28-8-9-30(17)21(15)34-22(23,24)25;1-8-3-2-6-4-7(6)5-8/h5-6,8-11,13,27,31H,7,12H2,1-2H3,(H2,26,28)(H,29,32);6-7H,2-5H2,1H3. The number of methoxy groups -OCH3 is 1. The van der Waals surface area contributed by atoms with E-state index < -0.39 is 26.1 Å². The Morgan fingerprint density at radius 1 is 1.33 bits per heavy atom. The second kappa shape index (κ2) is 13.7. The molecule has 1 amide bonds. The minimum absolute atomic E-state index is 0.0333. The topological polar surface area (TPSA) is 117 Å². The van der Waals surface area contributed by atoms with Crippen LogP contribution >= 0.6 is 0 Å². The first kappa shape index (κ1) is 31.5. The number of halogens is 3. The summed E-state index contributed by atoms with van der Waals surface area (Å²) in [7, 11) is 3.70. The van der Waals surface area contributed by atoms with Crippen molar-refractivity contribution in [3.8, 4) is 17.6 Å². The monoisotopic (exact) mass is 652 g/mol. The van der Waals surface area contributed by atoms with Crippen LogP contribution < -0.4 is 25.7 Å². The predicted octanol–water partition coefficient (Wildman–Crippen LogP) is 2.31. The molecule has 1 saturated heterocycles. The number of carbonyl (C=O) groups excluding carboxylic acids is 1. The molecule has 3 heterocycles. The van der Waals surface area contributed by atoms with Gasteiger partial charge in [0.1, 0.15) is 0 Å². The van der Waals surface area contributed by atoms with Crippen LogP contribution in [0.25, 0.3) is 5.52 Å². The van der Waals surface area contributed by atoms with Crippen LogP contribution in [0.4, 0.5) is 24.7 Å². The summed E-state index contributed by atoms with van der Waals surface area (Å²) in [5, 5.41) is 10.6. The Balaban J connectivity index is 0.000000429. The molecule has 42 heavy (non-hydrogen) atoms. The summed E-state index contributed by atoms with van der Waals surface area (Å²) in [5.41, 5.74) is 7.22. The van der Waals surface area contributed by atoms with Crippen LogP contribution in [0.2, 0.25) is 0 Å². The number of hydrogen-bond donors (Lipinski definition) is 4. The number of piperidine rings is 1. The van der Waals surface area contributed by atoms with E-state index in [4.69, 9.17) is 10.5 Å². The van der Waals surface area contributed by atoms with Gasteiger partial charge in [-0.3, -0.25) is 0 Å². The maximum absolute atomic E-state index is 13.2. The van der Waals surface area contributed by atoms with E-state index in [-0.39, 0.29) is 35.0 Å². The summed E-state index contributed by atoms with van der Waals surface area (Å²) in [6.45, 7) is 4.46. The molecule has 2 aromatic heterocycles. The number of fused-ring (bicyclic) bond motifs is 2. The maximum atomic E-state index is 13.2. The number of aliphatic hydroxyl groups excluding tert-OH is 1. The Labute approximate surface area is 249 Å². The zero-order chi connectivity index (χ0) is 30.4. The number of rotatable bonds is 7. The third kappa shape index (κ3) is 8.55. The van der Waals surface area contributed by atoms with Gasteiger partial charge in [-0.1, -0.05) is 0 Å². The van der Waals surface area contributed by atoms with E-state index in [9.17, 15) is 23.1 Å². The van der Waals surface area contributed by atoms with Crippen molar-refractivity contribution in [1.82, 2.24) is 19.6 Å². The van der Waals surface area contributed by atoms with Crippen LogP contribution in [0.15, 0.2) is 36.7 Å². The van der Waals surface area contributed by atoms with Crippen molar-refractivity contribution in [2.75, 3.05) is 51.4 Å². The second-order valence-corrected chi connectivity index (χ2v) is 12.6. The summed E-state index contributed by atoms with van der Waals surface area (Å²) < 4.78 is 46.2. The van der Waals surface area contributed by atoms with Crippen LogP contribution in [0.5, 0.6) is 5.75 Å². The van der Waals surface area contributed by atoms with E-state index in [1.54, 1.807) is 25.1 Å². The number of nitrogens with one attached hydrogen (secondary N) is 2. The van der Waals surface area contributed by atoms with Gasteiger partial charge in [-0.2, -0.15) is 0 Å². The fraction of sp³-hybridized carbons (Fsp3) is 0.448. The molecule has 3 unspecified atom stereocenters. The average Bonchev–Trinajstić information content (AvgIpc) is 3.63. The summed E-state index contributed by atoms with van der Waals surface area (Å²) in [5.74, 6) is 8.05. The van der Waals surface area contributed by atoms with Gasteiger partial charge >= 0.3 is 182 Å². The number of carbonyl (C=O) groups is 1. The summed E-state index contributed by atoms with van der Waals surface area (Å²) >= 11 is -1.83. The van der Waals surface area contributed by atoms with Crippen molar-refractivity contribution in [1.29, 1.82) is 0 Å². The normalized spacial score (nSPS) is 18.5. The van der Waals surface area contributed by atoms with Gasteiger partial charge in [0, 0.05) is 6.54 Å². The summed E-state index contributed by atoms with van der Waals surface area (Å²) in [4.78, 5) is 18.6. The Bertz CT molecular complexity index is 1470. The number of nitrogen functional groups attached to an aromatic ring is 1. The molecule has 3 atom stereocenters. The number of aliphatic hydroxyl groups is 1. The minimum atomic E-state index is -4.36. The molecule has 2 aliphatic rings. The number of nitrogens with two attached hydrogens (primary N) is 1. The van der Waals surface area contributed by atoms with E-state index in [0.717, 1.165) is 11.8 Å². The molecule has 0 spiro atoms. The Kier molecular flexibility index (Phi) is 10.3. The molecule has 13 heteroatoms. The first-order valence-corrected chi connectivity index (χ1v) is 15.2. The van der Waals surface area contributed by atoms with Crippen molar-refractivity contribution in [2.45, 2.75) is 30.9 Å². The predicted molar refractivity (Wildman–Crippen MR) is 157 cm³/mol. The molecule has 3 aromatic rings. The quantitative estimate of drug-likeness (QED) is 0.229. The van der Waals surface area contributed by atoms with Gasteiger partial charge in [0.05, 0.1) is 6.10 Å². The number of aromatic nitrogens is 2. The van der Waals surface area contributed by atoms with E-state index >= 15 is 0 Å². The number of anilines is 2. The van der Waals surface area contributed by atoms with E-state index in [0.29, 0.717) is 22.5 Å².